The molecule has 0 unspecified atom stereocenters. The van der Waals surface area contributed by atoms with E-state index in [-0.39, 0.29) is 10.8 Å². The molecule has 0 saturated carbocycles. The molecule has 3 aliphatic rings. The number of methoxy groups -OCH3 is 4. The number of hydrogen-bond donors (Lipinski definition) is 0. The zero-order valence-corrected chi connectivity index (χ0v) is 45.6. The summed E-state index contributed by atoms with van der Waals surface area (Å²) < 4.78 is 23.0. The second-order valence-electron chi connectivity index (χ2n) is 21.1. The first kappa shape index (κ1) is 47.7. The molecule has 76 heavy (non-hydrogen) atoms. The van der Waals surface area contributed by atoms with Gasteiger partial charge in [-0.2, -0.15) is 0 Å². The molecular weight excluding hydrogens is 973 g/mol. The Kier molecular flexibility index (Phi) is 11.2. The van der Waals surface area contributed by atoms with E-state index in [1.54, 1.807) is 28.4 Å². The van der Waals surface area contributed by atoms with Crippen LogP contribution < -0.4 is 28.7 Å². The Morgan fingerprint density at radius 3 is 0.737 bits per heavy atom. The van der Waals surface area contributed by atoms with Crippen molar-refractivity contribution >= 4 is 55.4 Å². The third kappa shape index (κ3) is 6.69. The number of nitrogens with zero attached hydrogens (tertiary/aromatic N) is 2. The molecule has 2 heterocycles. The summed E-state index contributed by atoms with van der Waals surface area (Å²) in [5, 5.41) is 2.21. The summed E-state index contributed by atoms with van der Waals surface area (Å²) in [6.07, 6.45) is 0. The van der Waals surface area contributed by atoms with Crippen LogP contribution in [0.3, 0.4) is 0 Å². The second-order valence-corrected chi connectivity index (χ2v) is 23.1. The molecule has 8 aromatic carbocycles. The lowest BCUT2D eigenvalue weighted by molar-refractivity contribution is 0.414. The Morgan fingerprint density at radius 1 is 0.289 bits per heavy atom. The molecule has 2 aromatic heterocycles. The molecule has 0 fully saturated rings. The van der Waals surface area contributed by atoms with Gasteiger partial charge in [-0.25, -0.2) is 0 Å². The van der Waals surface area contributed by atoms with Gasteiger partial charge in [-0.15, -0.1) is 22.7 Å². The number of ether oxygens (including phenoxy) is 4. The van der Waals surface area contributed by atoms with Crippen molar-refractivity contribution in [3.05, 3.63) is 272 Å². The highest BCUT2D eigenvalue weighted by Crippen LogP contribution is 2.71. The first-order chi connectivity index (χ1) is 37.0. The van der Waals surface area contributed by atoms with Gasteiger partial charge in [0.2, 0.25) is 0 Å². The van der Waals surface area contributed by atoms with Gasteiger partial charge in [-0.3, -0.25) is 0 Å². The lowest BCUT2D eigenvalue weighted by Crippen LogP contribution is -2.50. The smallest absolute Gasteiger partial charge is 0.119 e. The van der Waals surface area contributed by atoms with E-state index >= 15 is 0 Å². The van der Waals surface area contributed by atoms with Gasteiger partial charge in [0.25, 0.3) is 0 Å². The maximum atomic E-state index is 5.76. The Labute approximate surface area is 454 Å². The summed E-state index contributed by atoms with van der Waals surface area (Å²) >= 11 is 3.82. The van der Waals surface area contributed by atoms with E-state index in [1.807, 2.05) is 22.7 Å². The largest absolute Gasteiger partial charge is 0.497 e. The van der Waals surface area contributed by atoms with Crippen LogP contribution in [0.4, 0.5) is 32.8 Å². The number of anilines is 6. The van der Waals surface area contributed by atoms with Gasteiger partial charge in [0.1, 0.15) is 33.0 Å². The van der Waals surface area contributed by atoms with E-state index in [2.05, 4.69) is 244 Å². The Balaban J connectivity index is 1.23. The lowest BCUT2D eigenvalue weighted by atomic mass is 9.48. The fourth-order valence-corrected chi connectivity index (χ4v) is 16.1. The first-order valence-electron chi connectivity index (χ1n) is 25.9. The van der Waals surface area contributed by atoms with Crippen molar-refractivity contribution in [2.24, 2.45) is 0 Å². The monoisotopic (exact) mass is 1030 g/mol. The van der Waals surface area contributed by atoms with Gasteiger partial charge < -0.3 is 28.7 Å². The fraction of sp³-hybridized carbons (Fsp3) is 0.176. The summed E-state index contributed by atoms with van der Waals surface area (Å²) in [7, 11) is 6.90. The average molecular weight is 1030 g/mol. The zero-order valence-electron chi connectivity index (χ0n) is 44.0. The van der Waals surface area contributed by atoms with Crippen LogP contribution in [0.25, 0.3) is 0 Å². The standard InChI is InChI=1S/C68H58N2O4S2/c1-65(2)51-17-9-13-21-55(51)67(56-22-14-10-18-52(56)65)59-41-61(69(43-25-33-47(71-5)34-26-43)44-27-35-48(72-6)36-28-44)76-64(59)68(57-23-15-11-19-53(57)66(3,4)54-20-12-16-24-58(54)68)60-42-62(75-63(60)67)70(45-29-37-49(73-7)38-30-45)46-31-39-50(74-8)40-32-46/h9-42H,1-8H3. The van der Waals surface area contributed by atoms with Crippen LogP contribution in [0, 0.1) is 0 Å². The molecule has 13 rings (SSSR count). The minimum atomic E-state index is -0.774. The minimum absolute atomic E-state index is 0.308. The van der Waals surface area contributed by atoms with Crippen molar-refractivity contribution in [2.45, 2.75) is 49.4 Å². The Morgan fingerprint density at radius 2 is 0.513 bits per heavy atom. The molecule has 0 atom stereocenters. The first-order valence-corrected chi connectivity index (χ1v) is 27.5. The quantitative estimate of drug-likeness (QED) is 0.136. The minimum Gasteiger partial charge on any atom is -0.497 e. The predicted octanol–water partition coefficient (Wildman–Crippen LogP) is 17.1. The molecule has 6 nitrogen and oxygen atoms in total. The van der Waals surface area contributed by atoms with Crippen LogP contribution in [0.15, 0.2) is 206 Å². The fourth-order valence-electron chi connectivity index (χ4n) is 13.1. The van der Waals surface area contributed by atoms with E-state index in [4.69, 9.17) is 18.9 Å². The molecule has 0 bridgehead atoms. The SMILES string of the molecule is COc1ccc(N(c2ccc(OC)cc2)c2cc3c(s2)C2(c4ccccc4C(C)(C)c4ccccc42)c2cc(N(c4ccc(OC)cc4)c4ccc(OC)cc4)sc2C32c3ccccc3C(C)(C)c3ccccc32)cc1. The van der Waals surface area contributed by atoms with E-state index in [9.17, 15) is 0 Å². The highest BCUT2D eigenvalue weighted by molar-refractivity contribution is 7.18. The normalized spacial score (nSPS) is 15.3. The number of hydrogen-bond acceptors (Lipinski definition) is 8. The third-order valence-electron chi connectivity index (χ3n) is 16.7. The number of benzene rings is 8. The molecule has 2 spiro atoms. The van der Waals surface area contributed by atoms with Crippen molar-refractivity contribution in [1.82, 2.24) is 0 Å². The molecular formula is C68H58N2O4S2. The van der Waals surface area contributed by atoms with Gasteiger partial charge in [-0.05, 0) is 165 Å². The van der Waals surface area contributed by atoms with Gasteiger partial charge in [0, 0.05) is 43.3 Å². The summed E-state index contributed by atoms with van der Waals surface area (Å²) in [5.74, 6) is 3.21. The molecule has 0 saturated heterocycles. The van der Waals surface area contributed by atoms with Crippen LogP contribution in [0.5, 0.6) is 23.0 Å². The van der Waals surface area contributed by atoms with Crippen LogP contribution in [-0.2, 0) is 21.7 Å². The predicted molar refractivity (Wildman–Crippen MR) is 312 cm³/mol. The highest BCUT2D eigenvalue weighted by atomic mass is 32.1. The van der Waals surface area contributed by atoms with E-state index in [0.29, 0.717) is 0 Å². The number of fused-ring (bicyclic) bond motifs is 14. The maximum Gasteiger partial charge on any atom is 0.119 e. The van der Waals surface area contributed by atoms with Gasteiger partial charge in [-0.1, -0.05) is 125 Å². The van der Waals surface area contributed by atoms with Gasteiger partial charge in [0.15, 0.2) is 0 Å². The van der Waals surface area contributed by atoms with Crippen molar-refractivity contribution in [1.29, 1.82) is 0 Å². The molecule has 0 radical (unpaired) electrons. The highest BCUT2D eigenvalue weighted by Gasteiger charge is 2.62. The van der Waals surface area contributed by atoms with E-state index < -0.39 is 10.8 Å². The molecule has 10 aromatic rings. The zero-order chi connectivity index (χ0) is 52.1. The lowest BCUT2D eigenvalue weighted by Gasteiger charge is -2.55. The third-order valence-corrected chi connectivity index (χ3v) is 19.2. The van der Waals surface area contributed by atoms with Crippen molar-refractivity contribution in [3.8, 4) is 23.0 Å². The molecule has 8 heteroatoms. The second kappa shape index (κ2) is 17.8. The molecule has 0 aliphatic heterocycles. The topological polar surface area (TPSA) is 43.4 Å². The van der Waals surface area contributed by atoms with Gasteiger partial charge in [0.05, 0.1) is 39.3 Å². The Hall–Kier alpha value is -8.04. The Bertz CT molecular complexity index is 3340. The van der Waals surface area contributed by atoms with Crippen LogP contribution in [-0.4, -0.2) is 28.4 Å². The molecule has 376 valence electrons. The molecule has 3 aliphatic carbocycles. The number of rotatable bonds is 10. The van der Waals surface area contributed by atoms with Crippen molar-refractivity contribution < 1.29 is 18.9 Å². The van der Waals surface area contributed by atoms with E-state index in [1.165, 1.54) is 65.4 Å². The van der Waals surface area contributed by atoms with Crippen molar-refractivity contribution in [3.63, 3.8) is 0 Å². The summed E-state index contributed by atoms with van der Waals surface area (Å²) in [6, 6.07) is 76.1. The summed E-state index contributed by atoms with van der Waals surface area (Å²) in [6.45, 7) is 9.62. The molecule has 0 N–H and O–H groups in total. The summed E-state index contributed by atoms with van der Waals surface area (Å²) in [4.78, 5) is 7.44. The number of thiophene rings is 2. The van der Waals surface area contributed by atoms with E-state index in [0.717, 1.165) is 55.7 Å². The van der Waals surface area contributed by atoms with Crippen LogP contribution >= 0.6 is 22.7 Å². The average Bonchev–Trinajstić information content (AvgIpc) is 4.15. The summed E-state index contributed by atoms with van der Waals surface area (Å²) in [5.41, 5.74) is 15.0. The maximum absolute atomic E-state index is 5.76. The van der Waals surface area contributed by atoms with Gasteiger partial charge >= 0.3 is 0 Å². The van der Waals surface area contributed by atoms with Crippen LogP contribution in [0.2, 0.25) is 0 Å². The van der Waals surface area contributed by atoms with Crippen LogP contribution in [0.1, 0.15) is 93.1 Å². The molecule has 0 amide bonds. The van der Waals surface area contributed by atoms with Crippen molar-refractivity contribution in [2.75, 3.05) is 38.2 Å².